The molecule has 1 spiro atoms. The predicted molar refractivity (Wildman–Crippen MR) is 115 cm³/mol. The van der Waals surface area contributed by atoms with Crippen LogP contribution in [0.4, 0.5) is 0 Å². The minimum absolute atomic E-state index is 0.00578. The molecule has 1 aromatic rings. The zero-order chi connectivity index (χ0) is 22.3. The molecule has 2 aliphatic carbocycles. The Hall–Kier alpha value is -1.99. The first kappa shape index (κ1) is 22.2. The molecule has 1 saturated carbocycles. The van der Waals surface area contributed by atoms with Gasteiger partial charge in [0.05, 0.1) is 18.6 Å². The molecule has 168 valence electrons. The Kier molecular flexibility index (Phi) is 5.85. The van der Waals surface area contributed by atoms with Crippen molar-refractivity contribution in [1.82, 2.24) is 0 Å². The lowest BCUT2D eigenvalue weighted by Gasteiger charge is -2.62. The Morgan fingerprint density at radius 3 is 2.74 bits per heavy atom. The summed E-state index contributed by atoms with van der Waals surface area (Å²) in [4.78, 5) is 13.0. The number of aliphatic hydroxyl groups is 1. The third-order valence-electron chi connectivity index (χ3n) is 7.67. The van der Waals surface area contributed by atoms with Crippen LogP contribution < -0.4 is 0 Å². The van der Waals surface area contributed by atoms with Crippen LogP contribution in [-0.4, -0.2) is 49.4 Å². The lowest BCUT2D eigenvalue weighted by atomic mass is 9.48. The Morgan fingerprint density at radius 1 is 1.32 bits per heavy atom. The first-order valence-corrected chi connectivity index (χ1v) is 10.8. The van der Waals surface area contributed by atoms with Gasteiger partial charge in [-0.05, 0) is 30.4 Å². The fraction of sp³-hybridized carbons (Fsp3) is 0.560. The van der Waals surface area contributed by atoms with E-state index >= 15 is 0 Å². The molecule has 1 saturated heterocycles. The molecule has 0 amide bonds. The molecule has 31 heavy (non-hydrogen) atoms. The van der Waals surface area contributed by atoms with E-state index in [1.807, 2.05) is 30.3 Å². The van der Waals surface area contributed by atoms with Crippen molar-refractivity contribution in [2.24, 2.45) is 16.7 Å². The topological polar surface area (TPSA) is 74.2 Å². The summed E-state index contributed by atoms with van der Waals surface area (Å²) in [6, 6.07) is 9.91. The summed E-state index contributed by atoms with van der Waals surface area (Å²) >= 11 is 0. The molecule has 0 radical (unpaired) electrons. The zero-order valence-electron chi connectivity index (χ0n) is 18.5. The van der Waals surface area contributed by atoms with E-state index in [2.05, 4.69) is 19.6 Å². The van der Waals surface area contributed by atoms with E-state index < -0.39 is 34.6 Å². The standard InChI is InChI=1S/C25H32O6/c1-5-24(15-29-14-18-9-7-6-8-10-18)19-12-11-17(2)25(19)13-20(23(24,3)27)31-22(26)21(25)30-16-28-4/h5-10,12,17,20-21,27H,1,11,13-16H2,2-4H3/t17-,20-,21+,23+,24+,25?/m1/s1. The monoisotopic (exact) mass is 428 g/mol. The first-order chi connectivity index (χ1) is 14.8. The second-order valence-electron chi connectivity index (χ2n) is 9.18. The number of hydrogen-bond donors (Lipinski definition) is 1. The minimum atomic E-state index is -1.37. The second kappa shape index (κ2) is 8.17. The minimum Gasteiger partial charge on any atom is -0.457 e. The van der Waals surface area contributed by atoms with Crippen molar-refractivity contribution >= 4 is 5.97 Å². The number of ether oxygens (including phenoxy) is 4. The van der Waals surface area contributed by atoms with Crippen LogP contribution in [0, 0.1) is 16.7 Å². The summed E-state index contributed by atoms with van der Waals surface area (Å²) in [6.07, 6.45) is 3.73. The molecule has 1 unspecified atom stereocenters. The smallest absolute Gasteiger partial charge is 0.336 e. The number of carbonyl (C=O) groups is 1. The van der Waals surface area contributed by atoms with E-state index in [-0.39, 0.29) is 19.3 Å². The highest BCUT2D eigenvalue weighted by atomic mass is 16.7. The number of carbonyl (C=O) groups excluding carboxylic acids is 1. The van der Waals surface area contributed by atoms with Crippen molar-refractivity contribution in [2.75, 3.05) is 20.5 Å². The number of methoxy groups -OCH3 is 1. The molecule has 3 aliphatic rings. The maximum atomic E-state index is 13.0. The number of rotatable bonds is 8. The summed E-state index contributed by atoms with van der Waals surface area (Å²) in [5.41, 5.74) is -0.856. The zero-order valence-corrected chi connectivity index (χ0v) is 18.5. The van der Waals surface area contributed by atoms with Crippen LogP contribution in [0.3, 0.4) is 0 Å². The van der Waals surface area contributed by atoms with Gasteiger partial charge in [-0.3, -0.25) is 0 Å². The van der Waals surface area contributed by atoms with Gasteiger partial charge in [-0.15, -0.1) is 6.58 Å². The molecule has 2 fully saturated rings. The lowest BCUT2D eigenvalue weighted by molar-refractivity contribution is -0.254. The maximum Gasteiger partial charge on any atom is 0.336 e. The molecule has 1 N–H and O–H groups in total. The molecule has 1 heterocycles. The third-order valence-corrected chi connectivity index (χ3v) is 7.67. The van der Waals surface area contributed by atoms with Gasteiger partial charge in [0.2, 0.25) is 0 Å². The average molecular weight is 429 g/mol. The van der Waals surface area contributed by atoms with Gasteiger partial charge in [-0.1, -0.05) is 49.4 Å². The van der Waals surface area contributed by atoms with Crippen molar-refractivity contribution < 1.29 is 28.8 Å². The molecule has 4 rings (SSSR count). The van der Waals surface area contributed by atoms with E-state index in [0.29, 0.717) is 13.0 Å². The van der Waals surface area contributed by atoms with Crippen molar-refractivity contribution in [3.05, 3.63) is 60.2 Å². The Morgan fingerprint density at radius 2 is 2.06 bits per heavy atom. The van der Waals surface area contributed by atoms with Gasteiger partial charge in [0.1, 0.15) is 18.5 Å². The second-order valence-corrected chi connectivity index (χ2v) is 9.18. The number of fused-ring (bicyclic) bond motifs is 1. The van der Waals surface area contributed by atoms with E-state index in [9.17, 15) is 9.90 Å². The molecule has 6 nitrogen and oxygen atoms in total. The Bertz CT molecular complexity index is 862. The Balaban J connectivity index is 1.72. The van der Waals surface area contributed by atoms with E-state index in [1.54, 1.807) is 13.0 Å². The maximum absolute atomic E-state index is 13.0. The highest BCUT2D eigenvalue weighted by Crippen LogP contribution is 2.66. The summed E-state index contributed by atoms with van der Waals surface area (Å²) in [6.45, 7) is 8.59. The van der Waals surface area contributed by atoms with Gasteiger partial charge in [0.25, 0.3) is 0 Å². The third kappa shape index (κ3) is 3.20. The Labute approximate surface area is 183 Å². The molecular formula is C25H32O6. The van der Waals surface area contributed by atoms with E-state index in [4.69, 9.17) is 18.9 Å². The van der Waals surface area contributed by atoms with Crippen LogP contribution in [0.25, 0.3) is 0 Å². The summed E-state index contributed by atoms with van der Waals surface area (Å²) in [7, 11) is 1.53. The van der Waals surface area contributed by atoms with Crippen molar-refractivity contribution in [2.45, 2.75) is 51.1 Å². The van der Waals surface area contributed by atoms with E-state index in [1.165, 1.54) is 7.11 Å². The van der Waals surface area contributed by atoms with Gasteiger partial charge in [0, 0.05) is 18.9 Å². The quantitative estimate of drug-likeness (QED) is 0.389. The van der Waals surface area contributed by atoms with Gasteiger partial charge < -0.3 is 24.1 Å². The molecule has 1 aliphatic heterocycles. The highest BCUT2D eigenvalue weighted by molar-refractivity contribution is 5.79. The van der Waals surface area contributed by atoms with Gasteiger partial charge in [0.15, 0.2) is 6.10 Å². The summed E-state index contributed by atoms with van der Waals surface area (Å²) in [5.74, 6) is -0.305. The van der Waals surface area contributed by atoms with Crippen LogP contribution in [-0.2, 0) is 30.3 Å². The van der Waals surface area contributed by atoms with Crippen LogP contribution >= 0.6 is 0 Å². The van der Waals surface area contributed by atoms with Crippen molar-refractivity contribution in [1.29, 1.82) is 0 Å². The number of esters is 1. The fourth-order valence-electron chi connectivity index (χ4n) is 5.87. The molecular weight excluding hydrogens is 396 g/mol. The average Bonchev–Trinajstić information content (AvgIpc) is 3.08. The van der Waals surface area contributed by atoms with Crippen LogP contribution in [0.2, 0.25) is 0 Å². The summed E-state index contributed by atoms with van der Waals surface area (Å²) < 4.78 is 22.9. The van der Waals surface area contributed by atoms with Crippen LogP contribution in [0.5, 0.6) is 0 Å². The first-order valence-electron chi connectivity index (χ1n) is 10.8. The number of hydrogen-bond acceptors (Lipinski definition) is 6. The van der Waals surface area contributed by atoms with Gasteiger partial charge >= 0.3 is 5.97 Å². The van der Waals surface area contributed by atoms with Crippen molar-refractivity contribution in [3.63, 3.8) is 0 Å². The van der Waals surface area contributed by atoms with Crippen molar-refractivity contribution in [3.8, 4) is 0 Å². The number of allylic oxidation sites excluding steroid dienone is 1. The van der Waals surface area contributed by atoms with Crippen LogP contribution in [0.15, 0.2) is 54.6 Å². The predicted octanol–water partition coefficient (Wildman–Crippen LogP) is 3.40. The van der Waals surface area contributed by atoms with Gasteiger partial charge in [-0.25, -0.2) is 4.79 Å². The SMILES string of the molecule is C=C[C@]1(COCc2ccccc2)C2=CC[C@@H](C)C23C[C@@H](OC(=O)[C@@H]3OCOC)[C@]1(C)O. The van der Waals surface area contributed by atoms with Crippen LogP contribution in [0.1, 0.15) is 32.3 Å². The van der Waals surface area contributed by atoms with E-state index in [0.717, 1.165) is 17.6 Å². The fourth-order valence-corrected chi connectivity index (χ4v) is 5.87. The molecule has 6 atom stereocenters. The molecule has 2 bridgehead atoms. The van der Waals surface area contributed by atoms with Gasteiger partial charge in [-0.2, -0.15) is 0 Å². The number of benzene rings is 1. The largest absolute Gasteiger partial charge is 0.457 e. The highest BCUT2D eigenvalue weighted by Gasteiger charge is 2.72. The molecule has 1 aromatic carbocycles. The normalized spacial score (nSPS) is 38.9. The molecule has 0 aromatic heterocycles. The molecule has 6 heteroatoms. The lowest BCUT2D eigenvalue weighted by Crippen LogP contribution is -2.71. The summed E-state index contributed by atoms with van der Waals surface area (Å²) in [5, 5.41) is 11.8.